The first-order chi connectivity index (χ1) is 14.7. The smallest absolute Gasteiger partial charge is 0.264 e. The SMILES string of the molecule is CCC(C)(C)C1CCc2c(sc(NC(=O)Cn3cnc4c(cnn4C)c3=O)c2C#N)C1. The first kappa shape index (κ1) is 21.2. The van der Waals surface area contributed by atoms with Gasteiger partial charge in [0.15, 0.2) is 5.65 Å². The van der Waals surface area contributed by atoms with Crippen LogP contribution in [0.4, 0.5) is 5.00 Å². The summed E-state index contributed by atoms with van der Waals surface area (Å²) in [7, 11) is 1.71. The number of nitriles is 1. The topological polar surface area (TPSA) is 106 Å². The van der Waals surface area contributed by atoms with Gasteiger partial charge in [-0.15, -0.1) is 11.3 Å². The summed E-state index contributed by atoms with van der Waals surface area (Å²) in [6, 6.07) is 2.28. The maximum Gasteiger partial charge on any atom is 0.264 e. The summed E-state index contributed by atoms with van der Waals surface area (Å²) >= 11 is 1.50. The van der Waals surface area contributed by atoms with Crippen LogP contribution < -0.4 is 10.9 Å². The zero-order valence-corrected chi connectivity index (χ0v) is 19.0. The van der Waals surface area contributed by atoms with Gasteiger partial charge >= 0.3 is 0 Å². The van der Waals surface area contributed by atoms with Crippen molar-refractivity contribution in [2.75, 3.05) is 5.32 Å². The number of aryl methyl sites for hydroxylation is 1. The van der Waals surface area contributed by atoms with E-state index in [4.69, 9.17) is 0 Å². The van der Waals surface area contributed by atoms with Crippen molar-refractivity contribution in [3.8, 4) is 6.07 Å². The van der Waals surface area contributed by atoms with E-state index in [2.05, 4.69) is 42.2 Å². The molecule has 0 saturated carbocycles. The Balaban J connectivity index is 1.55. The number of nitrogens with zero attached hydrogens (tertiary/aromatic N) is 5. The molecule has 3 aromatic rings. The molecule has 1 atom stereocenters. The first-order valence-corrected chi connectivity index (χ1v) is 11.3. The van der Waals surface area contributed by atoms with E-state index in [1.807, 2.05) is 0 Å². The molecule has 1 unspecified atom stereocenters. The standard InChI is InChI=1S/C22H26N6O2S/c1-5-22(2,3)13-6-7-14-15(9-23)20(31-17(14)8-13)26-18(29)11-28-12-24-19-16(21(28)30)10-25-27(19)4/h10,12-13H,5-8,11H2,1-4H3,(H,26,29). The molecule has 0 spiro atoms. The van der Waals surface area contributed by atoms with Gasteiger partial charge in [0.2, 0.25) is 5.91 Å². The van der Waals surface area contributed by atoms with Crippen LogP contribution in [0.3, 0.4) is 0 Å². The minimum atomic E-state index is -0.354. The number of hydrogen-bond donors (Lipinski definition) is 1. The molecule has 3 heterocycles. The Morgan fingerprint density at radius 2 is 2.23 bits per heavy atom. The second-order valence-electron chi connectivity index (χ2n) is 8.83. The van der Waals surface area contributed by atoms with Gasteiger partial charge in [0.1, 0.15) is 29.3 Å². The predicted octanol–water partition coefficient (Wildman–Crippen LogP) is 3.24. The molecule has 1 N–H and O–H groups in total. The number of thiophene rings is 1. The minimum absolute atomic E-state index is 0.171. The van der Waals surface area contributed by atoms with Gasteiger partial charge in [0.05, 0.1) is 11.8 Å². The lowest BCUT2D eigenvalue weighted by molar-refractivity contribution is -0.116. The summed E-state index contributed by atoms with van der Waals surface area (Å²) in [5, 5.41) is 17.6. The number of carbonyl (C=O) groups excluding carboxylic acids is 1. The van der Waals surface area contributed by atoms with E-state index in [0.29, 0.717) is 27.5 Å². The molecule has 0 aliphatic heterocycles. The fourth-order valence-electron chi connectivity index (χ4n) is 4.25. The third-order valence-electron chi connectivity index (χ3n) is 6.68. The lowest BCUT2D eigenvalue weighted by Gasteiger charge is -2.36. The van der Waals surface area contributed by atoms with Crippen molar-refractivity contribution < 1.29 is 4.79 Å². The molecular formula is C22H26N6O2S. The molecular weight excluding hydrogens is 412 g/mol. The molecule has 9 heteroatoms. The van der Waals surface area contributed by atoms with E-state index < -0.39 is 0 Å². The molecule has 4 rings (SSSR count). The Kier molecular flexibility index (Phi) is 5.43. The van der Waals surface area contributed by atoms with Crippen LogP contribution in [0.1, 0.15) is 49.6 Å². The molecule has 0 fully saturated rings. The van der Waals surface area contributed by atoms with Crippen molar-refractivity contribution in [1.82, 2.24) is 19.3 Å². The molecule has 0 radical (unpaired) electrons. The van der Waals surface area contributed by atoms with E-state index in [0.717, 1.165) is 31.2 Å². The van der Waals surface area contributed by atoms with E-state index in [1.54, 1.807) is 7.05 Å². The van der Waals surface area contributed by atoms with Crippen molar-refractivity contribution >= 4 is 33.3 Å². The minimum Gasteiger partial charge on any atom is -0.315 e. The van der Waals surface area contributed by atoms with Crippen molar-refractivity contribution in [3.05, 3.63) is 38.9 Å². The molecule has 162 valence electrons. The molecule has 0 saturated heterocycles. The number of amides is 1. The number of nitrogens with one attached hydrogen (secondary N) is 1. The van der Waals surface area contributed by atoms with Crippen LogP contribution in [0.25, 0.3) is 11.0 Å². The maximum atomic E-state index is 12.7. The molecule has 8 nitrogen and oxygen atoms in total. The van der Waals surface area contributed by atoms with Gasteiger partial charge in [0.25, 0.3) is 5.56 Å². The molecule has 0 bridgehead atoms. The first-order valence-electron chi connectivity index (χ1n) is 10.5. The summed E-state index contributed by atoms with van der Waals surface area (Å²) in [6.45, 7) is 6.65. The quantitative estimate of drug-likeness (QED) is 0.658. The second-order valence-corrected chi connectivity index (χ2v) is 9.94. The Hall–Kier alpha value is -2.99. The average Bonchev–Trinajstić information content (AvgIpc) is 3.29. The Morgan fingerprint density at radius 1 is 1.45 bits per heavy atom. The van der Waals surface area contributed by atoms with Gasteiger partial charge in [-0.3, -0.25) is 18.8 Å². The van der Waals surface area contributed by atoms with Gasteiger partial charge in [-0.25, -0.2) is 4.98 Å². The molecule has 0 aromatic carbocycles. The number of hydrogen-bond acceptors (Lipinski definition) is 6. The van der Waals surface area contributed by atoms with Gasteiger partial charge in [0, 0.05) is 11.9 Å². The monoisotopic (exact) mass is 438 g/mol. The Labute approximate surface area is 184 Å². The fraction of sp³-hybridized carbons (Fsp3) is 0.500. The van der Waals surface area contributed by atoms with Crippen molar-refractivity contribution in [1.29, 1.82) is 5.26 Å². The number of carbonyl (C=O) groups is 1. The van der Waals surface area contributed by atoms with Crippen molar-refractivity contribution in [3.63, 3.8) is 0 Å². The van der Waals surface area contributed by atoms with E-state index in [9.17, 15) is 14.9 Å². The van der Waals surface area contributed by atoms with Crippen LogP contribution >= 0.6 is 11.3 Å². The fourth-order valence-corrected chi connectivity index (χ4v) is 5.54. The largest absolute Gasteiger partial charge is 0.315 e. The zero-order chi connectivity index (χ0) is 22.3. The Bertz CT molecular complexity index is 1260. The third kappa shape index (κ3) is 3.76. The van der Waals surface area contributed by atoms with Gasteiger partial charge < -0.3 is 5.32 Å². The number of aromatic nitrogens is 4. The van der Waals surface area contributed by atoms with Crippen molar-refractivity contribution in [2.24, 2.45) is 18.4 Å². The third-order valence-corrected chi connectivity index (χ3v) is 7.85. The van der Waals surface area contributed by atoms with Gasteiger partial charge in [-0.2, -0.15) is 10.4 Å². The molecule has 1 amide bonds. The average molecular weight is 439 g/mol. The predicted molar refractivity (Wildman–Crippen MR) is 120 cm³/mol. The highest BCUT2D eigenvalue weighted by Gasteiger charge is 2.34. The lowest BCUT2D eigenvalue weighted by atomic mass is 9.69. The summed E-state index contributed by atoms with van der Waals surface area (Å²) in [5.74, 6) is 0.210. The molecule has 1 aliphatic rings. The van der Waals surface area contributed by atoms with Crippen LogP contribution in [0.2, 0.25) is 0 Å². The summed E-state index contributed by atoms with van der Waals surface area (Å²) < 4.78 is 2.78. The van der Waals surface area contributed by atoms with E-state index in [-0.39, 0.29) is 23.4 Å². The molecule has 1 aliphatic carbocycles. The number of fused-ring (bicyclic) bond motifs is 2. The van der Waals surface area contributed by atoms with Crippen LogP contribution in [0.5, 0.6) is 0 Å². The summed E-state index contributed by atoms with van der Waals surface area (Å²) in [6.07, 6.45) is 6.77. The van der Waals surface area contributed by atoms with Crippen LogP contribution in [0.15, 0.2) is 17.3 Å². The van der Waals surface area contributed by atoms with Crippen LogP contribution in [-0.4, -0.2) is 25.2 Å². The highest BCUT2D eigenvalue weighted by molar-refractivity contribution is 7.16. The number of rotatable bonds is 5. The normalized spacial score (nSPS) is 16.2. The Morgan fingerprint density at radius 3 is 2.94 bits per heavy atom. The molecule has 3 aromatic heterocycles. The van der Waals surface area contributed by atoms with Gasteiger partial charge in [-0.1, -0.05) is 27.2 Å². The maximum absolute atomic E-state index is 12.7. The summed E-state index contributed by atoms with van der Waals surface area (Å²) in [5.41, 5.74) is 2.04. The lowest BCUT2D eigenvalue weighted by Crippen LogP contribution is -2.28. The number of anilines is 1. The van der Waals surface area contributed by atoms with E-state index >= 15 is 0 Å². The second kappa shape index (κ2) is 7.93. The molecule has 31 heavy (non-hydrogen) atoms. The van der Waals surface area contributed by atoms with Gasteiger partial charge in [-0.05, 0) is 36.2 Å². The van der Waals surface area contributed by atoms with Crippen LogP contribution in [0, 0.1) is 22.7 Å². The van der Waals surface area contributed by atoms with E-state index in [1.165, 1.54) is 38.0 Å². The highest BCUT2D eigenvalue weighted by Crippen LogP contribution is 2.45. The summed E-state index contributed by atoms with van der Waals surface area (Å²) in [4.78, 5) is 30.7. The zero-order valence-electron chi connectivity index (χ0n) is 18.2. The van der Waals surface area contributed by atoms with Crippen LogP contribution in [-0.2, 0) is 31.2 Å². The van der Waals surface area contributed by atoms with Crippen molar-refractivity contribution in [2.45, 2.75) is 53.0 Å². The highest BCUT2D eigenvalue weighted by atomic mass is 32.1.